The molecule has 0 heterocycles. The Kier molecular flexibility index (Phi) is 6.32. The maximum absolute atomic E-state index is 12.2. The number of hydrogen-bond donors (Lipinski definition) is 1. The molecular weight excluding hydrogens is 348 g/mol. The van der Waals surface area contributed by atoms with E-state index in [2.05, 4.69) is 20.8 Å². The number of Topliss-reactive ketones (excluding diaryl/α,β-unsaturated/α-hetero) is 1. The number of carboxylic acid groups (broad SMARTS) is 1. The van der Waals surface area contributed by atoms with Gasteiger partial charge in [0, 0.05) is 12.3 Å². The minimum Gasteiger partial charge on any atom is -0.481 e. The van der Waals surface area contributed by atoms with Gasteiger partial charge in [-0.15, -0.1) is 0 Å². The molecule has 4 rings (SSSR count). The summed E-state index contributed by atoms with van der Waals surface area (Å²) in [7, 11) is 0. The van der Waals surface area contributed by atoms with Gasteiger partial charge in [0.05, 0.1) is 0 Å². The average Bonchev–Trinajstić information content (AvgIpc) is 3.00. The first-order valence-corrected chi connectivity index (χ1v) is 11.9. The summed E-state index contributed by atoms with van der Waals surface area (Å²) in [4.78, 5) is 21.6. The van der Waals surface area contributed by atoms with Crippen LogP contribution in [0.15, 0.2) is 0 Å². The highest BCUT2D eigenvalue weighted by molar-refractivity contribution is 5.79. The van der Waals surface area contributed by atoms with Crippen molar-refractivity contribution < 1.29 is 14.7 Å². The van der Waals surface area contributed by atoms with E-state index in [9.17, 15) is 9.59 Å². The van der Waals surface area contributed by atoms with Crippen LogP contribution < -0.4 is 0 Å². The number of rotatable bonds is 2. The smallest absolute Gasteiger partial charge is 0.303 e. The van der Waals surface area contributed by atoms with Gasteiger partial charge < -0.3 is 5.11 Å². The molecule has 4 saturated carbocycles. The highest BCUT2D eigenvalue weighted by Crippen LogP contribution is 2.67. The van der Waals surface area contributed by atoms with E-state index >= 15 is 0 Å². The molecule has 0 aromatic heterocycles. The van der Waals surface area contributed by atoms with Crippen molar-refractivity contribution in [3.8, 4) is 0 Å². The van der Waals surface area contributed by atoms with Crippen molar-refractivity contribution in [3.63, 3.8) is 0 Å². The number of hydrogen-bond acceptors (Lipinski definition) is 2. The highest BCUT2D eigenvalue weighted by Gasteiger charge is 2.60. The first-order valence-electron chi connectivity index (χ1n) is 11.9. The third-order valence-corrected chi connectivity index (χ3v) is 9.72. The minimum atomic E-state index is -0.745. The number of carboxylic acids is 1. The Morgan fingerprint density at radius 3 is 2.14 bits per heavy atom. The first-order chi connectivity index (χ1) is 13.1. The van der Waals surface area contributed by atoms with Crippen LogP contribution in [0, 0.1) is 46.3 Å². The van der Waals surface area contributed by atoms with Gasteiger partial charge in [0.2, 0.25) is 0 Å². The van der Waals surface area contributed by atoms with Gasteiger partial charge in [-0.2, -0.15) is 0 Å². The molecule has 28 heavy (non-hydrogen) atoms. The molecule has 3 heteroatoms. The summed E-state index contributed by atoms with van der Waals surface area (Å²) in [6, 6.07) is 0. The summed E-state index contributed by atoms with van der Waals surface area (Å²) in [5.74, 6) is 4.75. The summed E-state index contributed by atoms with van der Waals surface area (Å²) >= 11 is 0. The van der Waals surface area contributed by atoms with Gasteiger partial charge in [-0.25, -0.2) is 0 Å². The van der Waals surface area contributed by atoms with E-state index in [1.807, 2.05) is 6.92 Å². The normalized spacial score (nSPS) is 47.0. The zero-order chi connectivity index (χ0) is 20.7. The summed E-state index contributed by atoms with van der Waals surface area (Å²) in [5, 5.41) is 7.72. The monoisotopic (exact) mass is 390 g/mol. The van der Waals surface area contributed by atoms with Crippen LogP contribution in [-0.4, -0.2) is 16.9 Å². The molecular formula is C25H42O3. The van der Waals surface area contributed by atoms with Gasteiger partial charge >= 0.3 is 5.97 Å². The molecule has 4 fully saturated rings. The lowest BCUT2D eigenvalue weighted by molar-refractivity contribution is -0.136. The van der Waals surface area contributed by atoms with Crippen LogP contribution in [0.5, 0.6) is 0 Å². The fourth-order valence-corrected chi connectivity index (χ4v) is 8.14. The van der Waals surface area contributed by atoms with Gasteiger partial charge in [0.1, 0.15) is 5.78 Å². The Hall–Kier alpha value is -0.860. The number of carbonyl (C=O) groups is 2. The van der Waals surface area contributed by atoms with Crippen molar-refractivity contribution in [2.75, 3.05) is 0 Å². The lowest BCUT2D eigenvalue weighted by Crippen LogP contribution is -2.53. The van der Waals surface area contributed by atoms with Crippen molar-refractivity contribution in [2.24, 2.45) is 46.3 Å². The Labute approximate surface area is 172 Å². The van der Waals surface area contributed by atoms with E-state index in [1.54, 1.807) is 6.92 Å². The molecule has 3 nitrogen and oxygen atoms in total. The van der Waals surface area contributed by atoms with Gasteiger partial charge in [0.15, 0.2) is 0 Å². The molecule has 0 radical (unpaired) electrons. The lowest BCUT2D eigenvalue weighted by Gasteiger charge is -2.61. The van der Waals surface area contributed by atoms with E-state index in [0.717, 1.165) is 29.6 Å². The summed E-state index contributed by atoms with van der Waals surface area (Å²) in [5.41, 5.74) is 0.948. The molecule has 0 bridgehead atoms. The molecule has 8 unspecified atom stereocenters. The minimum absolute atomic E-state index is 0.222. The van der Waals surface area contributed by atoms with Crippen molar-refractivity contribution in [1.29, 1.82) is 0 Å². The predicted molar refractivity (Wildman–Crippen MR) is 113 cm³/mol. The molecule has 1 N–H and O–H groups in total. The second-order valence-corrected chi connectivity index (χ2v) is 11.1. The highest BCUT2D eigenvalue weighted by atomic mass is 16.4. The number of carbonyl (C=O) groups excluding carboxylic acids is 1. The molecule has 0 amide bonds. The molecule has 0 aliphatic heterocycles. The van der Waals surface area contributed by atoms with Crippen molar-refractivity contribution in [3.05, 3.63) is 0 Å². The first kappa shape index (κ1) is 21.8. The van der Waals surface area contributed by atoms with Gasteiger partial charge in [0.25, 0.3) is 0 Å². The summed E-state index contributed by atoms with van der Waals surface area (Å²) < 4.78 is 0. The van der Waals surface area contributed by atoms with Gasteiger partial charge in [-0.1, -0.05) is 34.1 Å². The Bertz CT molecular complexity index is 599. The van der Waals surface area contributed by atoms with Crippen LogP contribution in [0.1, 0.15) is 98.8 Å². The Morgan fingerprint density at radius 2 is 1.54 bits per heavy atom. The van der Waals surface area contributed by atoms with E-state index in [0.29, 0.717) is 22.5 Å². The van der Waals surface area contributed by atoms with E-state index in [4.69, 9.17) is 5.11 Å². The standard InChI is InChI=1S/C22H36O.C3H6O2/c1-14-9-11-21(3)16(13-14)5-6-17-19-8-7-18(15(2)23)22(19,4)12-10-20(17)21;1-2-3(4)5/h14,16-20H,5-13H2,1-4H3;2H2,1H3,(H,4,5). The van der Waals surface area contributed by atoms with Crippen molar-refractivity contribution >= 4 is 11.8 Å². The van der Waals surface area contributed by atoms with Crippen LogP contribution in [0.3, 0.4) is 0 Å². The SMILES string of the molecule is CC(=O)C1CCC2C3CCC4CC(C)CCC4(C)C3CCC12C.CCC(=O)O. The van der Waals surface area contributed by atoms with Crippen LogP contribution in [0.4, 0.5) is 0 Å². The number of aliphatic carboxylic acids is 1. The molecule has 0 saturated heterocycles. The van der Waals surface area contributed by atoms with Crippen LogP contribution >= 0.6 is 0 Å². The Morgan fingerprint density at radius 1 is 0.929 bits per heavy atom. The third-order valence-electron chi connectivity index (χ3n) is 9.72. The van der Waals surface area contributed by atoms with Gasteiger partial charge in [-0.05, 0) is 98.7 Å². The van der Waals surface area contributed by atoms with Crippen molar-refractivity contribution in [1.82, 2.24) is 0 Å². The largest absolute Gasteiger partial charge is 0.481 e. The lowest BCUT2D eigenvalue weighted by atomic mass is 9.44. The topological polar surface area (TPSA) is 54.4 Å². The summed E-state index contributed by atoms with van der Waals surface area (Å²) in [6.45, 7) is 11.1. The van der Waals surface area contributed by atoms with Crippen LogP contribution in [0.25, 0.3) is 0 Å². The molecule has 4 aliphatic rings. The number of ketones is 1. The zero-order valence-corrected chi connectivity index (χ0v) is 18.8. The Balaban J connectivity index is 0.000000403. The quantitative estimate of drug-likeness (QED) is 0.597. The second kappa shape index (κ2) is 8.11. The van der Waals surface area contributed by atoms with E-state index < -0.39 is 5.97 Å². The molecule has 8 atom stereocenters. The fraction of sp³-hybridized carbons (Fsp3) is 0.920. The molecule has 4 aliphatic carbocycles. The molecule has 0 aromatic carbocycles. The van der Waals surface area contributed by atoms with Crippen LogP contribution in [-0.2, 0) is 9.59 Å². The summed E-state index contributed by atoms with van der Waals surface area (Å²) in [6.07, 6.45) is 12.8. The molecule has 0 aromatic rings. The third kappa shape index (κ3) is 3.67. The fourth-order valence-electron chi connectivity index (χ4n) is 8.14. The second-order valence-electron chi connectivity index (χ2n) is 11.1. The molecule has 0 spiro atoms. The maximum Gasteiger partial charge on any atom is 0.303 e. The predicted octanol–water partition coefficient (Wildman–Crippen LogP) is 6.35. The average molecular weight is 391 g/mol. The molecule has 160 valence electrons. The van der Waals surface area contributed by atoms with Crippen molar-refractivity contribution in [2.45, 2.75) is 98.8 Å². The maximum atomic E-state index is 12.2. The van der Waals surface area contributed by atoms with E-state index in [1.165, 1.54) is 57.8 Å². The number of fused-ring (bicyclic) bond motifs is 5. The van der Waals surface area contributed by atoms with E-state index in [-0.39, 0.29) is 6.42 Å². The van der Waals surface area contributed by atoms with Gasteiger partial charge in [-0.3, -0.25) is 9.59 Å². The zero-order valence-electron chi connectivity index (χ0n) is 18.8. The van der Waals surface area contributed by atoms with Crippen LogP contribution in [0.2, 0.25) is 0 Å².